The molecule has 0 saturated carbocycles. The highest BCUT2D eigenvalue weighted by Gasteiger charge is 2.24. The van der Waals surface area contributed by atoms with Crippen LogP contribution in [0.15, 0.2) is 194 Å². The summed E-state index contributed by atoms with van der Waals surface area (Å²) in [6, 6.07) is 72.2. The normalized spacial score (nSPS) is 12.4. The van der Waals surface area contributed by atoms with Gasteiger partial charge in [0.25, 0.3) is 0 Å². The van der Waals surface area contributed by atoms with Gasteiger partial charge >= 0.3 is 0 Å². The molecule has 0 aliphatic carbocycles. The molecule has 0 amide bonds. The van der Waals surface area contributed by atoms with Crippen LogP contribution in [0.1, 0.15) is 52.7 Å². The Labute approximate surface area is 364 Å². The first-order chi connectivity index (χ1) is 30.0. The molecule has 0 fully saturated rings. The van der Waals surface area contributed by atoms with Crippen LogP contribution in [0.3, 0.4) is 0 Å². The minimum absolute atomic E-state index is 0.0373. The molecular formula is C60H50N2. The van der Waals surface area contributed by atoms with E-state index in [4.69, 9.17) is 0 Å². The van der Waals surface area contributed by atoms with Gasteiger partial charge in [0, 0.05) is 32.9 Å². The zero-order valence-corrected chi connectivity index (χ0v) is 36.4. The Balaban J connectivity index is 1.16. The highest BCUT2D eigenvalue weighted by molar-refractivity contribution is 6.27. The number of rotatable bonds is 6. The molecule has 0 atom stereocenters. The van der Waals surface area contributed by atoms with Crippen molar-refractivity contribution < 1.29 is 0 Å². The van der Waals surface area contributed by atoms with Crippen LogP contribution in [-0.4, -0.2) is 4.57 Å². The fraction of sp³-hybridized carbons (Fsp3) is 0.133. The van der Waals surface area contributed by atoms with E-state index >= 15 is 0 Å². The average Bonchev–Trinajstić information content (AvgIpc) is 3.62. The van der Waals surface area contributed by atoms with E-state index in [1.165, 1.54) is 93.2 Å². The van der Waals surface area contributed by atoms with E-state index in [2.05, 4.69) is 245 Å². The van der Waals surface area contributed by atoms with Gasteiger partial charge in [0.2, 0.25) is 0 Å². The summed E-state index contributed by atoms with van der Waals surface area (Å²) in [5.74, 6) is 0. The van der Waals surface area contributed by atoms with Gasteiger partial charge in [-0.3, -0.25) is 0 Å². The number of fused-ring (bicyclic) bond motifs is 3. The second-order valence-electron chi connectivity index (χ2n) is 19.0. The van der Waals surface area contributed by atoms with Crippen molar-refractivity contribution in [3.63, 3.8) is 0 Å². The van der Waals surface area contributed by atoms with Crippen molar-refractivity contribution in [2.75, 3.05) is 4.90 Å². The fourth-order valence-electron chi connectivity index (χ4n) is 9.78. The van der Waals surface area contributed by atoms with Gasteiger partial charge in [-0.05, 0) is 126 Å². The van der Waals surface area contributed by atoms with Crippen LogP contribution in [0, 0.1) is 0 Å². The van der Waals surface area contributed by atoms with Gasteiger partial charge in [-0.25, -0.2) is 0 Å². The third kappa shape index (κ3) is 6.16. The fourth-order valence-corrected chi connectivity index (χ4v) is 9.78. The molecule has 0 radical (unpaired) electrons. The number of para-hydroxylation sites is 1. The Morgan fingerprint density at radius 2 is 0.871 bits per heavy atom. The average molecular weight is 799 g/mol. The Bertz CT molecular complexity index is 3380. The van der Waals surface area contributed by atoms with Gasteiger partial charge < -0.3 is 9.47 Å². The van der Waals surface area contributed by atoms with E-state index in [1.54, 1.807) is 0 Å². The number of benzene rings is 10. The van der Waals surface area contributed by atoms with Crippen LogP contribution in [-0.2, 0) is 10.8 Å². The number of hydrogen-bond donors (Lipinski definition) is 0. The molecule has 2 heteroatoms. The monoisotopic (exact) mass is 798 g/mol. The molecule has 0 spiro atoms. The van der Waals surface area contributed by atoms with Crippen LogP contribution in [0.2, 0.25) is 0 Å². The maximum absolute atomic E-state index is 2.52. The first-order valence-electron chi connectivity index (χ1n) is 21.9. The lowest BCUT2D eigenvalue weighted by atomic mass is 9.85. The number of anilines is 3. The van der Waals surface area contributed by atoms with Gasteiger partial charge in [-0.1, -0.05) is 175 Å². The molecule has 0 unspecified atom stereocenters. The lowest BCUT2D eigenvalue weighted by Crippen LogP contribution is -2.11. The van der Waals surface area contributed by atoms with E-state index in [9.17, 15) is 0 Å². The standard InChI is InChI=1S/C60H50N2/c1-59(2,3)43-26-34-55-51(36-43)52-37-44(60(4,5)6)27-35-56(52)62(55)54-33-25-42-22-29-48-53(32-24-41-23-30-49(54)58(42)57(41)48)61(45-20-14-9-15-21-45)46-28-31-47(39-16-10-7-11-17-39)50(38-46)40-18-12-8-13-19-40/h7-38H,1-6H3. The predicted octanol–water partition coefficient (Wildman–Crippen LogP) is 17.1. The van der Waals surface area contributed by atoms with E-state index in [0.29, 0.717) is 0 Å². The van der Waals surface area contributed by atoms with Crippen molar-refractivity contribution in [1.82, 2.24) is 4.57 Å². The minimum atomic E-state index is 0.0373. The molecule has 62 heavy (non-hydrogen) atoms. The number of aromatic nitrogens is 1. The lowest BCUT2D eigenvalue weighted by molar-refractivity contribution is 0.590. The van der Waals surface area contributed by atoms with Crippen LogP contribution < -0.4 is 4.90 Å². The largest absolute Gasteiger partial charge is 0.310 e. The molecule has 0 bridgehead atoms. The van der Waals surface area contributed by atoms with Crippen molar-refractivity contribution in [3.05, 3.63) is 205 Å². The zero-order chi connectivity index (χ0) is 42.3. The summed E-state index contributed by atoms with van der Waals surface area (Å²) in [4.78, 5) is 2.45. The second kappa shape index (κ2) is 14.2. The van der Waals surface area contributed by atoms with Crippen molar-refractivity contribution in [2.24, 2.45) is 0 Å². The first kappa shape index (κ1) is 37.8. The summed E-state index contributed by atoms with van der Waals surface area (Å²) in [6.07, 6.45) is 0. The van der Waals surface area contributed by atoms with Crippen molar-refractivity contribution in [3.8, 4) is 27.9 Å². The Morgan fingerprint density at radius 3 is 1.45 bits per heavy atom. The van der Waals surface area contributed by atoms with Crippen molar-refractivity contribution in [2.45, 2.75) is 52.4 Å². The van der Waals surface area contributed by atoms with Crippen LogP contribution in [0.25, 0.3) is 82.1 Å². The highest BCUT2D eigenvalue weighted by atomic mass is 15.1. The maximum atomic E-state index is 2.52. The maximum Gasteiger partial charge on any atom is 0.0541 e. The van der Waals surface area contributed by atoms with Crippen LogP contribution in [0.4, 0.5) is 17.1 Å². The summed E-state index contributed by atoms with van der Waals surface area (Å²) in [5, 5.41) is 10.1. The number of hydrogen-bond acceptors (Lipinski definition) is 1. The molecule has 10 aromatic carbocycles. The molecule has 11 aromatic rings. The molecule has 1 heterocycles. The summed E-state index contributed by atoms with van der Waals surface area (Å²) in [7, 11) is 0. The molecule has 0 aliphatic rings. The summed E-state index contributed by atoms with van der Waals surface area (Å²) >= 11 is 0. The smallest absolute Gasteiger partial charge is 0.0541 e. The van der Waals surface area contributed by atoms with E-state index in [1.807, 2.05) is 0 Å². The van der Waals surface area contributed by atoms with Gasteiger partial charge in [0.15, 0.2) is 0 Å². The van der Waals surface area contributed by atoms with Crippen LogP contribution in [0.5, 0.6) is 0 Å². The summed E-state index contributed by atoms with van der Waals surface area (Å²) in [6.45, 7) is 13.9. The molecule has 0 N–H and O–H groups in total. The number of nitrogens with zero attached hydrogens (tertiary/aromatic N) is 2. The van der Waals surface area contributed by atoms with Crippen molar-refractivity contribution >= 4 is 71.2 Å². The van der Waals surface area contributed by atoms with Gasteiger partial charge in [0.05, 0.1) is 22.4 Å². The molecule has 1 aromatic heterocycles. The highest BCUT2D eigenvalue weighted by Crippen LogP contribution is 2.47. The third-order valence-corrected chi connectivity index (χ3v) is 13.0. The molecule has 2 nitrogen and oxygen atoms in total. The minimum Gasteiger partial charge on any atom is -0.310 e. The van der Waals surface area contributed by atoms with Gasteiger partial charge in [0.1, 0.15) is 0 Å². The molecule has 0 aliphatic heterocycles. The van der Waals surface area contributed by atoms with E-state index in [0.717, 1.165) is 17.1 Å². The quantitative estimate of drug-likeness (QED) is 0.152. The zero-order valence-electron chi connectivity index (χ0n) is 36.4. The molecule has 300 valence electrons. The molecule has 0 saturated heterocycles. The SMILES string of the molecule is CC(C)(C)c1ccc2c(c1)c1cc(C(C)(C)C)ccc1n2-c1ccc2ccc3c(N(c4ccccc4)c4ccc(-c5ccccc5)c(-c5ccccc5)c4)ccc4ccc1c2c43. The Morgan fingerprint density at radius 1 is 0.371 bits per heavy atom. The molecule has 11 rings (SSSR count). The third-order valence-electron chi connectivity index (χ3n) is 13.0. The van der Waals surface area contributed by atoms with E-state index in [-0.39, 0.29) is 10.8 Å². The predicted molar refractivity (Wildman–Crippen MR) is 267 cm³/mol. The lowest BCUT2D eigenvalue weighted by Gasteiger charge is -2.29. The topological polar surface area (TPSA) is 8.17 Å². The summed E-state index contributed by atoms with van der Waals surface area (Å²) in [5.41, 5.74) is 14.6. The van der Waals surface area contributed by atoms with Crippen molar-refractivity contribution in [1.29, 1.82) is 0 Å². The first-order valence-corrected chi connectivity index (χ1v) is 21.9. The summed E-state index contributed by atoms with van der Waals surface area (Å²) < 4.78 is 2.52. The van der Waals surface area contributed by atoms with Crippen LogP contribution >= 0.6 is 0 Å². The molecular weight excluding hydrogens is 749 g/mol. The Kier molecular flexibility index (Phi) is 8.67. The van der Waals surface area contributed by atoms with E-state index < -0.39 is 0 Å². The van der Waals surface area contributed by atoms with Gasteiger partial charge in [-0.2, -0.15) is 0 Å². The van der Waals surface area contributed by atoms with Gasteiger partial charge in [-0.15, -0.1) is 0 Å². The second-order valence-corrected chi connectivity index (χ2v) is 19.0. The Hall–Kier alpha value is -7.16.